The molecule has 2 aromatic rings. The molecule has 1 aromatic carbocycles. The van der Waals surface area contributed by atoms with Crippen LogP contribution in [0.5, 0.6) is 5.75 Å². The van der Waals surface area contributed by atoms with Crippen LogP contribution in [-0.2, 0) is 6.42 Å². The average molecular weight is 350 g/mol. The van der Waals surface area contributed by atoms with Gasteiger partial charge in [-0.15, -0.1) is 10.2 Å². The maximum absolute atomic E-state index is 11.1. The standard InChI is InChI=1S/C12H14N8O5/c1-3-10-15-17-12(18(10)13)16-14-6-7-4-8(19(21)22)5-9(20(23)24)11(7)25-2/h4-6H,3,13H2,1-2H3,(H,16,17)/b14-6-. The van der Waals surface area contributed by atoms with Gasteiger partial charge in [-0.1, -0.05) is 6.92 Å². The summed E-state index contributed by atoms with van der Waals surface area (Å²) in [6.45, 7) is 1.84. The van der Waals surface area contributed by atoms with Gasteiger partial charge in [0.25, 0.3) is 11.6 Å². The molecule has 0 unspecified atom stereocenters. The van der Waals surface area contributed by atoms with E-state index in [4.69, 9.17) is 10.6 Å². The summed E-state index contributed by atoms with van der Waals surface area (Å²) in [7, 11) is 1.21. The number of hydrogen-bond acceptors (Lipinski definition) is 10. The number of aromatic nitrogens is 3. The maximum atomic E-state index is 11.1. The first-order valence-corrected chi connectivity index (χ1v) is 6.88. The number of nitro benzene ring substituents is 2. The van der Waals surface area contributed by atoms with Crippen molar-refractivity contribution in [2.45, 2.75) is 13.3 Å². The number of nitro groups is 2. The van der Waals surface area contributed by atoms with E-state index in [2.05, 4.69) is 20.7 Å². The predicted molar refractivity (Wildman–Crippen MR) is 87.1 cm³/mol. The SMILES string of the molecule is CCc1nnc(N/N=C\c2cc([N+](=O)[O-])cc([N+](=O)[O-])c2OC)n1N. The van der Waals surface area contributed by atoms with Gasteiger partial charge in [-0.05, 0) is 0 Å². The zero-order chi connectivity index (χ0) is 18.6. The number of ether oxygens (including phenoxy) is 1. The molecule has 0 atom stereocenters. The van der Waals surface area contributed by atoms with Gasteiger partial charge in [-0.2, -0.15) is 5.10 Å². The first-order chi connectivity index (χ1) is 11.9. The second kappa shape index (κ2) is 7.20. The van der Waals surface area contributed by atoms with E-state index in [1.54, 1.807) is 0 Å². The number of aryl methyl sites for hydroxylation is 1. The molecule has 0 aliphatic heterocycles. The molecule has 0 amide bonds. The van der Waals surface area contributed by atoms with Gasteiger partial charge in [-0.3, -0.25) is 20.2 Å². The van der Waals surface area contributed by atoms with Crippen molar-refractivity contribution in [2.24, 2.45) is 5.10 Å². The number of hydrogen-bond donors (Lipinski definition) is 2. The Morgan fingerprint density at radius 2 is 2.08 bits per heavy atom. The number of benzene rings is 1. The molecule has 0 fully saturated rings. The van der Waals surface area contributed by atoms with Crippen molar-refractivity contribution in [1.82, 2.24) is 14.9 Å². The topological polar surface area (TPSA) is 177 Å². The highest BCUT2D eigenvalue weighted by Gasteiger charge is 2.24. The van der Waals surface area contributed by atoms with E-state index < -0.39 is 21.2 Å². The number of anilines is 1. The number of hydrazone groups is 1. The summed E-state index contributed by atoms with van der Waals surface area (Å²) >= 11 is 0. The second-order valence-corrected chi connectivity index (χ2v) is 4.63. The summed E-state index contributed by atoms with van der Waals surface area (Å²) in [4.78, 5) is 20.5. The molecule has 13 nitrogen and oxygen atoms in total. The Morgan fingerprint density at radius 1 is 1.36 bits per heavy atom. The van der Waals surface area contributed by atoms with E-state index in [1.165, 1.54) is 11.8 Å². The van der Waals surface area contributed by atoms with E-state index in [0.29, 0.717) is 12.2 Å². The molecule has 0 aliphatic rings. The summed E-state index contributed by atoms with van der Waals surface area (Å²) < 4.78 is 6.16. The number of nitrogens with one attached hydrogen (secondary N) is 1. The Morgan fingerprint density at radius 3 is 2.60 bits per heavy atom. The van der Waals surface area contributed by atoms with Gasteiger partial charge < -0.3 is 10.6 Å². The van der Waals surface area contributed by atoms with Crippen LogP contribution in [-0.4, -0.2) is 38.0 Å². The minimum absolute atomic E-state index is 0.0368. The van der Waals surface area contributed by atoms with Crippen LogP contribution in [0.25, 0.3) is 0 Å². The van der Waals surface area contributed by atoms with E-state index in [-0.39, 0.29) is 17.3 Å². The molecule has 0 bridgehead atoms. The third-order valence-corrected chi connectivity index (χ3v) is 3.15. The van der Waals surface area contributed by atoms with Crippen molar-refractivity contribution in [3.63, 3.8) is 0 Å². The van der Waals surface area contributed by atoms with Crippen LogP contribution in [0.3, 0.4) is 0 Å². The fourth-order valence-corrected chi connectivity index (χ4v) is 1.98. The van der Waals surface area contributed by atoms with Crippen LogP contribution in [0, 0.1) is 20.2 Å². The van der Waals surface area contributed by atoms with E-state index in [9.17, 15) is 20.2 Å². The molecule has 13 heteroatoms. The van der Waals surface area contributed by atoms with E-state index in [0.717, 1.165) is 18.3 Å². The summed E-state index contributed by atoms with van der Waals surface area (Å²) in [5.41, 5.74) is 1.52. The molecule has 0 radical (unpaired) electrons. The first kappa shape index (κ1) is 17.6. The quantitative estimate of drug-likeness (QED) is 0.316. The van der Waals surface area contributed by atoms with Gasteiger partial charge in [0.05, 0.1) is 34.8 Å². The molecule has 25 heavy (non-hydrogen) atoms. The first-order valence-electron chi connectivity index (χ1n) is 6.88. The lowest BCUT2D eigenvalue weighted by Crippen LogP contribution is -2.15. The Kier molecular flexibility index (Phi) is 5.06. The predicted octanol–water partition coefficient (Wildman–Crippen LogP) is 0.825. The van der Waals surface area contributed by atoms with Gasteiger partial charge in [0.2, 0.25) is 5.75 Å². The molecule has 0 saturated carbocycles. The van der Waals surface area contributed by atoms with Crippen molar-refractivity contribution in [2.75, 3.05) is 18.4 Å². The number of nitrogens with zero attached hydrogens (tertiary/aromatic N) is 6. The van der Waals surface area contributed by atoms with Crippen molar-refractivity contribution in [1.29, 1.82) is 0 Å². The molecular weight excluding hydrogens is 336 g/mol. The second-order valence-electron chi connectivity index (χ2n) is 4.63. The summed E-state index contributed by atoms with van der Waals surface area (Å²) in [6, 6.07) is 1.91. The molecule has 1 heterocycles. The lowest BCUT2D eigenvalue weighted by molar-refractivity contribution is -0.394. The normalized spacial score (nSPS) is 10.8. The van der Waals surface area contributed by atoms with Crippen LogP contribution in [0.1, 0.15) is 18.3 Å². The molecular formula is C12H14N8O5. The average Bonchev–Trinajstić information content (AvgIpc) is 2.94. The van der Waals surface area contributed by atoms with Crippen LogP contribution in [0.15, 0.2) is 17.2 Å². The number of nitrogen functional groups attached to an aromatic ring is 1. The summed E-state index contributed by atoms with van der Waals surface area (Å²) in [6.07, 6.45) is 1.68. The smallest absolute Gasteiger partial charge is 0.318 e. The van der Waals surface area contributed by atoms with Gasteiger partial charge in [-0.25, -0.2) is 10.1 Å². The molecule has 0 aliphatic carbocycles. The lowest BCUT2D eigenvalue weighted by atomic mass is 10.1. The van der Waals surface area contributed by atoms with Gasteiger partial charge in [0.1, 0.15) is 0 Å². The Balaban J connectivity index is 2.38. The maximum Gasteiger partial charge on any atom is 0.318 e. The van der Waals surface area contributed by atoms with Crippen molar-refractivity contribution >= 4 is 23.5 Å². The lowest BCUT2D eigenvalue weighted by Gasteiger charge is -2.05. The minimum Gasteiger partial charge on any atom is -0.490 e. The molecule has 1 aromatic heterocycles. The molecule has 2 rings (SSSR count). The van der Waals surface area contributed by atoms with Crippen molar-refractivity contribution in [3.8, 4) is 5.75 Å². The Hall–Kier alpha value is -3.77. The number of methoxy groups -OCH3 is 1. The summed E-state index contributed by atoms with van der Waals surface area (Å²) in [5, 5.41) is 33.4. The highest BCUT2D eigenvalue weighted by atomic mass is 16.6. The van der Waals surface area contributed by atoms with Crippen LogP contribution in [0.4, 0.5) is 17.3 Å². The van der Waals surface area contributed by atoms with Gasteiger partial charge >= 0.3 is 5.69 Å². The Bertz CT molecular complexity index is 846. The number of rotatable bonds is 7. The van der Waals surface area contributed by atoms with Crippen molar-refractivity contribution in [3.05, 3.63) is 43.7 Å². The zero-order valence-electron chi connectivity index (χ0n) is 13.2. The highest BCUT2D eigenvalue weighted by Crippen LogP contribution is 2.34. The molecule has 3 N–H and O–H groups in total. The summed E-state index contributed by atoms with van der Waals surface area (Å²) in [5.74, 6) is 6.21. The fourth-order valence-electron chi connectivity index (χ4n) is 1.98. The molecule has 132 valence electrons. The zero-order valence-corrected chi connectivity index (χ0v) is 13.2. The largest absolute Gasteiger partial charge is 0.490 e. The third kappa shape index (κ3) is 3.60. The highest BCUT2D eigenvalue weighted by molar-refractivity contribution is 5.87. The third-order valence-electron chi connectivity index (χ3n) is 3.15. The van der Waals surface area contributed by atoms with Crippen LogP contribution < -0.4 is 16.0 Å². The minimum atomic E-state index is -0.777. The molecule has 0 saturated heterocycles. The van der Waals surface area contributed by atoms with E-state index >= 15 is 0 Å². The monoisotopic (exact) mass is 350 g/mol. The fraction of sp³-hybridized carbons (Fsp3) is 0.250. The number of nitrogens with two attached hydrogens (primary N) is 1. The van der Waals surface area contributed by atoms with Crippen LogP contribution in [0.2, 0.25) is 0 Å². The van der Waals surface area contributed by atoms with Crippen LogP contribution >= 0.6 is 0 Å². The molecule has 0 spiro atoms. The number of non-ortho nitro benzene ring substituents is 1. The van der Waals surface area contributed by atoms with Crippen molar-refractivity contribution < 1.29 is 14.6 Å². The van der Waals surface area contributed by atoms with Gasteiger partial charge in [0, 0.05) is 12.5 Å². The van der Waals surface area contributed by atoms with Gasteiger partial charge in [0.15, 0.2) is 5.82 Å². The van der Waals surface area contributed by atoms with E-state index in [1.807, 2.05) is 6.92 Å². The Labute approximate surface area is 140 Å².